The molecule has 56 valence electrons. The van der Waals surface area contributed by atoms with Crippen LogP contribution in [0.2, 0.25) is 0 Å². The molecule has 0 spiro atoms. The fourth-order valence-corrected chi connectivity index (χ4v) is 1.12. The van der Waals surface area contributed by atoms with Gasteiger partial charge in [0.2, 0.25) is 0 Å². The molecule has 0 aliphatic carbocycles. The fraction of sp³-hybridized carbons (Fsp3) is 0.125. The van der Waals surface area contributed by atoms with Crippen LogP contribution in [0.3, 0.4) is 0 Å². The maximum absolute atomic E-state index is 5.60. The first kappa shape index (κ1) is 6.22. The molecule has 0 atom stereocenters. The summed E-state index contributed by atoms with van der Waals surface area (Å²) in [6, 6.07) is 5.94. The molecular formula is C8H9N3. The number of rotatable bonds is 0. The molecule has 0 radical (unpaired) electrons. The summed E-state index contributed by atoms with van der Waals surface area (Å²) in [4.78, 5) is 4.27. The van der Waals surface area contributed by atoms with Crippen LogP contribution in [0, 0.1) is 6.92 Å². The molecular weight excluding hydrogens is 138 g/mol. The molecule has 2 aromatic rings. The van der Waals surface area contributed by atoms with Crippen molar-refractivity contribution in [2.24, 2.45) is 0 Å². The normalized spacial score (nSPS) is 10.6. The van der Waals surface area contributed by atoms with E-state index in [1.54, 1.807) is 6.20 Å². The maximum Gasteiger partial charge on any atom is 0.158 e. The third-order valence-electron chi connectivity index (χ3n) is 1.70. The van der Waals surface area contributed by atoms with E-state index in [4.69, 9.17) is 5.84 Å². The summed E-state index contributed by atoms with van der Waals surface area (Å²) in [7, 11) is 0. The molecule has 0 aromatic carbocycles. The number of aromatic nitrogens is 2. The Kier molecular flexibility index (Phi) is 1.12. The van der Waals surface area contributed by atoms with Gasteiger partial charge in [-0.15, -0.1) is 0 Å². The molecule has 2 aromatic heterocycles. The van der Waals surface area contributed by atoms with E-state index < -0.39 is 0 Å². The first-order valence-corrected chi connectivity index (χ1v) is 3.47. The topological polar surface area (TPSA) is 43.8 Å². The maximum atomic E-state index is 5.60. The van der Waals surface area contributed by atoms with Crippen molar-refractivity contribution in [3.63, 3.8) is 0 Å². The molecule has 0 fully saturated rings. The van der Waals surface area contributed by atoms with Gasteiger partial charge in [-0.2, -0.15) is 0 Å². The lowest BCUT2D eigenvalue weighted by atomic mass is 10.3. The van der Waals surface area contributed by atoms with Gasteiger partial charge in [-0.05, 0) is 25.1 Å². The number of nitrogens with zero attached hydrogens (tertiary/aromatic N) is 2. The number of hydrogen-bond acceptors (Lipinski definition) is 2. The minimum atomic E-state index is 0.838. The summed E-state index contributed by atoms with van der Waals surface area (Å²) in [5.41, 5.74) is 1.83. The van der Waals surface area contributed by atoms with Crippen LogP contribution in [0.25, 0.3) is 11.0 Å². The summed E-state index contributed by atoms with van der Waals surface area (Å²) in [6.45, 7) is 1.95. The highest BCUT2D eigenvalue weighted by atomic mass is 15.3. The Bertz CT molecular complexity index is 389. The van der Waals surface area contributed by atoms with Gasteiger partial charge in [-0.3, -0.25) is 4.68 Å². The van der Waals surface area contributed by atoms with Crippen LogP contribution >= 0.6 is 0 Å². The molecule has 0 unspecified atom stereocenters. The second-order valence-electron chi connectivity index (χ2n) is 2.59. The Hall–Kier alpha value is -1.51. The van der Waals surface area contributed by atoms with Gasteiger partial charge in [-0.1, -0.05) is 0 Å². The highest BCUT2D eigenvalue weighted by molar-refractivity contribution is 5.76. The van der Waals surface area contributed by atoms with Gasteiger partial charge in [0.25, 0.3) is 0 Å². The smallest absolute Gasteiger partial charge is 0.158 e. The standard InChI is InChI=1S/C8H9N3/c1-6-2-3-7-4-5-11(9)8(7)10-6/h2-5H,9H2,1H3. The van der Waals surface area contributed by atoms with E-state index >= 15 is 0 Å². The zero-order valence-corrected chi connectivity index (χ0v) is 6.28. The predicted molar refractivity (Wildman–Crippen MR) is 44.6 cm³/mol. The first-order valence-electron chi connectivity index (χ1n) is 3.47. The lowest BCUT2D eigenvalue weighted by molar-refractivity contribution is 1.03. The summed E-state index contributed by atoms with van der Waals surface area (Å²) in [5.74, 6) is 5.60. The Morgan fingerprint density at radius 2 is 2.18 bits per heavy atom. The van der Waals surface area contributed by atoms with Crippen LogP contribution in [-0.4, -0.2) is 9.66 Å². The van der Waals surface area contributed by atoms with Crippen LogP contribution in [0.4, 0.5) is 0 Å². The van der Waals surface area contributed by atoms with Crippen molar-refractivity contribution in [3.05, 3.63) is 30.1 Å². The largest absolute Gasteiger partial charge is 0.338 e. The second kappa shape index (κ2) is 1.99. The minimum Gasteiger partial charge on any atom is -0.338 e. The van der Waals surface area contributed by atoms with Crippen molar-refractivity contribution >= 4 is 11.0 Å². The number of hydrogen-bond donors (Lipinski definition) is 1. The Labute approximate surface area is 64.4 Å². The van der Waals surface area contributed by atoms with Crippen molar-refractivity contribution in [2.45, 2.75) is 6.92 Å². The van der Waals surface area contributed by atoms with Gasteiger partial charge in [0, 0.05) is 17.3 Å². The van der Waals surface area contributed by atoms with Crippen LogP contribution in [0.15, 0.2) is 24.4 Å². The molecule has 2 N–H and O–H groups in total. The van der Waals surface area contributed by atoms with Crippen molar-refractivity contribution in [2.75, 3.05) is 5.84 Å². The van der Waals surface area contributed by atoms with Gasteiger partial charge >= 0.3 is 0 Å². The molecule has 0 aliphatic rings. The highest BCUT2D eigenvalue weighted by Crippen LogP contribution is 2.10. The Morgan fingerprint density at radius 1 is 1.36 bits per heavy atom. The summed E-state index contributed by atoms with van der Waals surface area (Å²) >= 11 is 0. The summed E-state index contributed by atoms with van der Waals surface area (Å²) in [6.07, 6.45) is 1.80. The lowest BCUT2D eigenvalue weighted by Crippen LogP contribution is -2.06. The van der Waals surface area contributed by atoms with Crippen molar-refractivity contribution in [1.82, 2.24) is 9.66 Å². The number of nitrogen functional groups attached to an aromatic ring is 1. The average molecular weight is 147 g/mol. The average Bonchev–Trinajstić information content (AvgIpc) is 2.33. The van der Waals surface area contributed by atoms with E-state index in [2.05, 4.69) is 4.98 Å². The van der Waals surface area contributed by atoms with Crippen molar-refractivity contribution < 1.29 is 0 Å². The second-order valence-corrected chi connectivity index (χ2v) is 2.59. The third-order valence-corrected chi connectivity index (χ3v) is 1.70. The first-order chi connectivity index (χ1) is 5.27. The SMILES string of the molecule is Cc1ccc2ccn(N)c2n1. The molecule has 2 heterocycles. The highest BCUT2D eigenvalue weighted by Gasteiger charge is 1.97. The lowest BCUT2D eigenvalue weighted by Gasteiger charge is -1.95. The molecule has 0 amide bonds. The van der Waals surface area contributed by atoms with Gasteiger partial charge < -0.3 is 5.84 Å². The number of fused-ring (bicyclic) bond motifs is 1. The van der Waals surface area contributed by atoms with Gasteiger partial charge in [0.05, 0.1) is 0 Å². The third kappa shape index (κ3) is 0.852. The monoisotopic (exact) mass is 147 g/mol. The van der Waals surface area contributed by atoms with Crippen LogP contribution < -0.4 is 5.84 Å². The van der Waals surface area contributed by atoms with Gasteiger partial charge in [0.1, 0.15) is 0 Å². The molecule has 0 bridgehead atoms. The fourth-order valence-electron chi connectivity index (χ4n) is 1.12. The molecule has 3 nitrogen and oxygen atoms in total. The van der Waals surface area contributed by atoms with Gasteiger partial charge in [-0.25, -0.2) is 4.98 Å². The van der Waals surface area contributed by atoms with Crippen molar-refractivity contribution in [1.29, 1.82) is 0 Å². The molecule has 11 heavy (non-hydrogen) atoms. The Balaban J connectivity index is 2.87. The molecule has 0 aliphatic heterocycles. The van der Waals surface area contributed by atoms with Crippen LogP contribution in [-0.2, 0) is 0 Å². The molecule has 0 saturated heterocycles. The quantitative estimate of drug-likeness (QED) is 0.566. The number of aryl methyl sites for hydroxylation is 1. The van der Waals surface area contributed by atoms with Gasteiger partial charge in [0.15, 0.2) is 5.65 Å². The predicted octanol–water partition coefficient (Wildman–Crippen LogP) is 1.06. The van der Waals surface area contributed by atoms with E-state index in [-0.39, 0.29) is 0 Å². The molecule has 0 saturated carbocycles. The summed E-state index contributed by atoms with van der Waals surface area (Å²) < 4.78 is 1.53. The summed E-state index contributed by atoms with van der Waals surface area (Å²) in [5, 5.41) is 1.08. The minimum absolute atomic E-state index is 0.838. The van der Waals surface area contributed by atoms with E-state index in [1.165, 1.54) is 4.68 Å². The number of pyridine rings is 1. The van der Waals surface area contributed by atoms with E-state index in [9.17, 15) is 0 Å². The van der Waals surface area contributed by atoms with E-state index in [0.717, 1.165) is 16.7 Å². The Morgan fingerprint density at radius 3 is 3.00 bits per heavy atom. The van der Waals surface area contributed by atoms with E-state index in [0.29, 0.717) is 0 Å². The number of nitrogens with two attached hydrogens (primary N) is 1. The molecule has 2 rings (SSSR count). The zero-order valence-electron chi connectivity index (χ0n) is 6.28. The molecule has 3 heteroatoms. The van der Waals surface area contributed by atoms with E-state index in [1.807, 2.05) is 25.1 Å². The van der Waals surface area contributed by atoms with Crippen molar-refractivity contribution in [3.8, 4) is 0 Å². The zero-order chi connectivity index (χ0) is 7.84. The van der Waals surface area contributed by atoms with Crippen LogP contribution in [0.5, 0.6) is 0 Å². The van der Waals surface area contributed by atoms with Crippen LogP contribution in [0.1, 0.15) is 5.69 Å².